The quantitative estimate of drug-likeness (QED) is 0.0563. The van der Waals surface area contributed by atoms with E-state index in [2.05, 4.69) is 26.6 Å². The zero-order chi connectivity index (χ0) is 47.2. The molecule has 6 aromatic rings. The fourth-order valence-electron chi connectivity index (χ4n) is 11.4. The van der Waals surface area contributed by atoms with Crippen LogP contribution >= 0.6 is 23.2 Å². The van der Waals surface area contributed by atoms with Gasteiger partial charge in [-0.25, -0.2) is 4.39 Å². The van der Waals surface area contributed by atoms with Gasteiger partial charge in [-0.2, -0.15) is 0 Å². The molecule has 1 aromatic heterocycles. The Labute approximate surface area is 402 Å². The van der Waals surface area contributed by atoms with E-state index >= 15 is 4.39 Å². The number of imide groups is 1. The van der Waals surface area contributed by atoms with Crippen LogP contribution in [0.5, 0.6) is 5.75 Å². The van der Waals surface area contributed by atoms with Crippen molar-refractivity contribution >= 4 is 85.9 Å². The molecule has 4 aliphatic rings. The van der Waals surface area contributed by atoms with Crippen molar-refractivity contribution in [3.8, 4) is 5.75 Å². The molecule has 0 bridgehead atoms. The van der Waals surface area contributed by atoms with Gasteiger partial charge >= 0.3 is 0 Å². The Balaban J connectivity index is 0.733. The highest BCUT2D eigenvalue weighted by molar-refractivity contribution is 6.31. The van der Waals surface area contributed by atoms with E-state index in [1.807, 2.05) is 36.4 Å². The lowest BCUT2D eigenvalue weighted by Gasteiger charge is -2.47. The molecular formula is C53H50Cl2FN5O7. The summed E-state index contributed by atoms with van der Waals surface area (Å²) in [6.07, 6.45) is 9.62. The molecule has 4 atom stereocenters. The number of rotatable bonds is 13. The van der Waals surface area contributed by atoms with E-state index < -0.39 is 40.6 Å². The van der Waals surface area contributed by atoms with Crippen LogP contribution in [0.3, 0.4) is 0 Å². The maximum absolute atomic E-state index is 16.3. The van der Waals surface area contributed by atoms with Gasteiger partial charge in [0.1, 0.15) is 22.6 Å². The number of furan rings is 1. The van der Waals surface area contributed by atoms with Crippen molar-refractivity contribution in [2.75, 3.05) is 23.8 Å². The van der Waals surface area contributed by atoms with Gasteiger partial charge < -0.3 is 25.1 Å². The number of amides is 5. The van der Waals surface area contributed by atoms with Crippen molar-refractivity contribution in [3.63, 3.8) is 0 Å². The van der Waals surface area contributed by atoms with Gasteiger partial charge in [-0.1, -0.05) is 79.6 Å². The number of benzene rings is 5. The first-order valence-corrected chi connectivity index (χ1v) is 24.2. The first-order chi connectivity index (χ1) is 33.0. The average Bonchev–Trinajstić information content (AvgIpc) is 3.98. The van der Waals surface area contributed by atoms with Crippen molar-refractivity contribution in [3.05, 3.63) is 135 Å². The predicted molar refractivity (Wildman–Crippen MR) is 259 cm³/mol. The monoisotopic (exact) mass is 957 g/mol. The Morgan fingerprint density at radius 1 is 0.853 bits per heavy atom. The molecular weight excluding hydrogens is 909 g/mol. The normalized spacial score (nSPS) is 21.8. The van der Waals surface area contributed by atoms with Crippen molar-refractivity contribution in [2.45, 2.75) is 99.5 Å². The summed E-state index contributed by atoms with van der Waals surface area (Å²) >= 11 is 12.8. The first kappa shape index (κ1) is 45.5. The second-order valence-corrected chi connectivity index (χ2v) is 19.3. The fraction of sp³-hybridized carbons (Fsp3) is 0.340. The summed E-state index contributed by atoms with van der Waals surface area (Å²) in [6.45, 7) is 1.03. The van der Waals surface area contributed by atoms with Crippen molar-refractivity contribution in [1.82, 2.24) is 16.0 Å². The lowest BCUT2D eigenvalue weighted by molar-refractivity contribution is -0.134. The van der Waals surface area contributed by atoms with Crippen LogP contribution in [0.4, 0.5) is 15.8 Å². The largest absolute Gasteiger partial charge is 0.494 e. The summed E-state index contributed by atoms with van der Waals surface area (Å²) in [6, 6.07) is 25.3. The minimum absolute atomic E-state index is 0.0997. The van der Waals surface area contributed by atoms with Crippen LogP contribution in [0, 0.1) is 5.82 Å². The standard InChI is InChI=1S/C53H50Cl2FN5O7/c54-32-14-20-39-41(28-32)59-51(66)53(39)45(37-9-8-10-40(55)46(37)56)47(61-52(53)23-4-3-5-24-52)50(65)58-33-15-11-30(12-16-33)48(63)57-25-6-1-2-7-26-67-34-17-18-35-31(27-34)13-21-42-44(35)38(29-68-42)36-19-22-43(62)60-49(36)64/h8-18,20-21,27-29,36,45,47,61H,1-7,19,22-26H2,(H,57,63)(H,58,65)(H,59,66)(H,60,62,64)/t36?,45-,47+,53+/m0/s1. The molecule has 5 N–H and O–H groups in total. The Morgan fingerprint density at radius 2 is 1.66 bits per heavy atom. The number of anilines is 2. The number of fused-ring (bicyclic) bond motifs is 6. The van der Waals surface area contributed by atoms with Crippen molar-refractivity contribution < 1.29 is 37.5 Å². The summed E-state index contributed by atoms with van der Waals surface area (Å²) in [4.78, 5) is 66.6. The highest BCUT2D eigenvalue weighted by atomic mass is 35.5. The van der Waals surface area contributed by atoms with Crippen LogP contribution in [0.25, 0.3) is 21.7 Å². The molecule has 5 amide bonds. The maximum Gasteiger partial charge on any atom is 0.251 e. The third-order valence-electron chi connectivity index (χ3n) is 14.5. The Morgan fingerprint density at radius 3 is 2.47 bits per heavy atom. The molecule has 4 heterocycles. The van der Waals surface area contributed by atoms with E-state index in [1.54, 1.807) is 54.8 Å². The highest BCUT2D eigenvalue weighted by Gasteiger charge is 2.72. The number of nitrogens with one attached hydrogen (secondary N) is 5. The van der Waals surface area contributed by atoms with Crippen LogP contribution in [0.2, 0.25) is 10.0 Å². The van der Waals surface area contributed by atoms with Gasteiger partial charge in [-0.3, -0.25) is 34.6 Å². The van der Waals surface area contributed by atoms with E-state index in [0.29, 0.717) is 71.9 Å². The second kappa shape index (κ2) is 18.7. The third kappa shape index (κ3) is 8.07. The molecule has 12 nitrogen and oxygen atoms in total. The number of ether oxygens (including phenoxy) is 1. The molecule has 2 saturated heterocycles. The van der Waals surface area contributed by atoms with E-state index in [0.717, 1.165) is 72.4 Å². The van der Waals surface area contributed by atoms with E-state index in [1.165, 1.54) is 6.07 Å². The summed E-state index contributed by atoms with van der Waals surface area (Å²) in [5.41, 5.74) is 1.52. The van der Waals surface area contributed by atoms with Gasteiger partial charge in [0.05, 0.1) is 29.9 Å². The number of carbonyl (C=O) groups is 5. The van der Waals surface area contributed by atoms with Crippen molar-refractivity contribution in [2.24, 2.45) is 0 Å². The van der Waals surface area contributed by atoms with E-state index in [-0.39, 0.29) is 34.2 Å². The zero-order valence-corrected chi connectivity index (χ0v) is 38.7. The third-order valence-corrected chi connectivity index (χ3v) is 15.0. The van der Waals surface area contributed by atoms with Gasteiger partial charge in [0, 0.05) is 57.3 Å². The van der Waals surface area contributed by atoms with Crippen LogP contribution in [-0.4, -0.2) is 54.3 Å². The minimum Gasteiger partial charge on any atom is -0.494 e. The number of hydrogen-bond acceptors (Lipinski definition) is 8. The molecule has 0 radical (unpaired) electrons. The smallest absolute Gasteiger partial charge is 0.251 e. The number of piperidine rings is 1. The number of carbonyl (C=O) groups excluding carboxylic acids is 5. The Bertz CT molecular complexity index is 2990. The molecule has 1 saturated carbocycles. The van der Waals surface area contributed by atoms with Crippen molar-refractivity contribution in [1.29, 1.82) is 0 Å². The molecule has 3 aliphatic heterocycles. The lowest BCUT2D eigenvalue weighted by Crippen LogP contribution is -2.60. The van der Waals surface area contributed by atoms with Crippen LogP contribution in [-0.2, 0) is 24.6 Å². The first-order valence-electron chi connectivity index (χ1n) is 23.4. The Hall–Kier alpha value is -6.28. The summed E-state index contributed by atoms with van der Waals surface area (Å²) < 4.78 is 28.2. The van der Waals surface area contributed by atoms with Gasteiger partial charge in [0.25, 0.3) is 5.91 Å². The fourth-order valence-corrected chi connectivity index (χ4v) is 11.8. The topological polar surface area (TPSA) is 168 Å². The van der Waals surface area contributed by atoms with Gasteiger partial charge in [-0.05, 0) is 121 Å². The van der Waals surface area contributed by atoms with Crippen LogP contribution in [0.1, 0.15) is 110 Å². The number of hydrogen-bond donors (Lipinski definition) is 5. The molecule has 10 rings (SSSR count). The highest BCUT2D eigenvalue weighted by Crippen LogP contribution is 2.63. The van der Waals surface area contributed by atoms with Crippen LogP contribution < -0.4 is 31.3 Å². The molecule has 1 aliphatic carbocycles. The summed E-state index contributed by atoms with van der Waals surface area (Å²) in [5, 5.41) is 18.2. The minimum atomic E-state index is -1.35. The summed E-state index contributed by atoms with van der Waals surface area (Å²) in [5.74, 6) is -2.89. The van der Waals surface area contributed by atoms with Gasteiger partial charge in [0.15, 0.2) is 0 Å². The van der Waals surface area contributed by atoms with Gasteiger partial charge in [-0.15, -0.1) is 0 Å². The van der Waals surface area contributed by atoms with Gasteiger partial charge in [0.2, 0.25) is 23.6 Å². The molecule has 15 heteroatoms. The second-order valence-electron chi connectivity index (χ2n) is 18.4. The number of unbranched alkanes of at least 4 members (excludes halogenated alkanes) is 3. The lowest BCUT2D eigenvalue weighted by atomic mass is 9.55. The molecule has 5 aromatic carbocycles. The molecule has 3 fully saturated rings. The van der Waals surface area contributed by atoms with E-state index in [9.17, 15) is 24.0 Å². The average molecular weight is 959 g/mol. The zero-order valence-electron chi connectivity index (χ0n) is 37.2. The van der Waals surface area contributed by atoms with E-state index in [4.69, 9.17) is 32.4 Å². The summed E-state index contributed by atoms with van der Waals surface area (Å²) in [7, 11) is 0. The molecule has 68 heavy (non-hydrogen) atoms. The maximum atomic E-state index is 16.3. The van der Waals surface area contributed by atoms with Crippen LogP contribution in [0.15, 0.2) is 102 Å². The predicted octanol–water partition coefficient (Wildman–Crippen LogP) is 10.2. The molecule has 2 spiro atoms. The molecule has 350 valence electrons. The number of halogens is 3. The molecule has 1 unspecified atom stereocenters. The Kier molecular flexibility index (Phi) is 12.5. The SMILES string of the molecule is O=C1CCC(c2coc3ccc4cc(OCCCCCCNC(=O)c5ccc(NC(=O)[C@@H]6NC7(CCCCC7)[C@@]7(C(=O)Nc8cc(Cl)ccc87)[C@H]6c6cccc(Cl)c6F)cc5)ccc4c23)C(=O)N1.